The van der Waals surface area contributed by atoms with Crippen molar-refractivity contribution in [2.45, 2.75) is 32.5 Å². The molecule has 2 amide bonds. The van der Waals surface area contributed by atoms with Crippen molar-refractivity contribution < 1.29 is 36.7 Å². The Morgan fingerprint density at radius 2 is 1.94 bits per heavy atom. The van der Waals surface area contributed by atoms with Crippen molar-refractivity contribution in [1.29, 1.82) is 0 Å². The van der Waals surface area contributed by atoms with Crippen molar-refractivity contribution in [2.24, 2.45) is 0 Å². The van der Waals surface area contributed by atoms with Gasteiger partial charge in [-0.2, -0.15) is 13.2 Å². The molecule has 10 heteroatoms. The molecule has 0 N–H and O–H groups in total. The monoisotopic (exact) mass is 453 g/mol. The molecule has 31 heavy (non-hydrogen) atoms. The molecule has 2 aromatic rings. The second kappa shape index (κ2) is 9.01. The largest absolute Gasteiger partial charge is 0.461 e. The van der Waals surface area contributed by atoms with Crippen molar-refractivity contribution in [2.75, 3.05) is 6.54 Å². The molecule has 1 atom stereocenters. The van der Waals surface area contributed by atoms with E-state index in [2.05, 4.69) is 0 Å². The lowest BCUT2D eigenvalue weighted by Crippen LogP contribution is -2.35. The number of esters is 1. The first-order chi connectivity index (χ1) is 14.6. The summed E-state index contributed by atoms with van der Waals surface area (Å²) in [6, 6.07) is 7.70. The Balaban J connectivity index is 1.79. The van der Waals surface area contributed by atoms with E-state index in [1.807, 2.05) is 6.92 Å². The third-order valence-electron chi connectivity index (χ3n) is 4.47. The Kier molecular flexibility index (Phi) is 6.59. The number of carbonyl (C=O) groups is 3. The quantitative estimate of drug-likeness (QED) is 0.434. The first-order valence-corrected chi connectivity index (χ1v) is 10.1. The number of hydrogen-bond acceptors (Lipinski definition) is 6. The molecule has 0 spiro atoms. The molecule has 0 unspecified atom stereocenters. The lowest BCUT2D eigenvalue weighted by Gasteiger charge is -2.14. The van der Waals surface area contributed by atoms with Gasteiger partial charge >= 0.3 is 12.1 Å². The fourth-order valence-corrected chi connectivity index (χ4v) is 3.58. The number of alkyl halides is 3. The van der Waals surface area contributed by atoms with Gasteiger partial charge in [0.25, 0.3) is 11.1 Å². The zero-order valence-electron chi connectivity index (χ0n) is 16.6. The van der Waals surface area contributed by atoms with E-state index in [-0.39, 0.29) is 28.1 Å². The third kappa shape index (κ3) is 5.19. The topological polar surface area (TPSA) is 76.8 Å². The standard InChI is InChI=1S/C21H18F3NO5S/c1-3-12(2)29-18(26)11-25-19(27)17(31-20(25)28)10-13-8-9-16(30-13)14-6-4-5-7-15(14)21(22,23)24/h4-10,12H,3,11H2,1-2H3/b17-10+/t12-/m0/s1. The van der Waals surface area contributed by atoms with Crippen LogP contribution in [0.25, 0.3) is 17.4 Å². The number of furan rings is 1. The van der Waals surface area contributed by atoms with E-state index in [0.29, 0.717) is 18.2 Å². The summed E-state index contributed by atoms with van der Waals surface area (Å²) < 4.78 is 50.2. The van der Waals surface area contributed by atoms with Gasteiger partial charge < -0.3 is 9.15 Å². The van der Waals surface area contributed by atoms with Crippen LogP contribution in [-0.2, 0) is 20.5 Å². The number of thioether (sulfide) groups is 1. The highest BCUT2D eigenvalue weighted by molar-refractivity contribution is 8.18. The Bertz CT molecular complexity index is 1040. The summed E-state index contributed by atoms with van der Waals surface area (Å²) >= 11 is 0.606. The van der Waals surface area contributed by atoms with E-state index in [0.717, 1.165) is 11.0 Å². The first-order valence-electron chi connectivity index (χ1n) is 9.31. The van der Waals surface area contributed by atoms with Gasteiger partial charge in [0, 0.05) is 11.6 Å². The van der Waals surface area contributed by atoms with Crippen molar-refractivity contribution in [3.63, 3.8) is 0 Å². The van der Waals surface area contributed by atoms with Crippen LogP contribution in [-0.4, -0.2) is 34.7 Å². The molecule has 1 fully saturated rings. The van der Waals surface area contributed by atoms with E-state index < -0.39 is 35.4 Å². The molecule has 0 bridgehead atoms. The van der Waals surface area contributed by atoms with E-state index >= 15 is 0 Å². The molecule has 1 aliphatic rings. The molecule has 1 saturated heterocycles. The van der Waals surface area contributed by atoms with Gasteiger partial charge in [0.1, 0.15) is 18.1 Å². The lowest BCUT2D eigenvalue weighted by molar-refractivity contribution is -0.150. The summed E-state index contributed by atoms with van der Waals surface area (Å²) in [6.07, 6.45) is -3.06. The highest BCUT2D eigenvalue weighted by atomic mass is 32.2. The van der Waals surface area contributed by atoms with Crippen LogP contribution in [0.3, 0.4) is 0 Å². The minimum absolute atomic E-state index is 0.00801. The van der Waals surface area contributed by atoms with E-state index in [9.17, 15) is 27.6 Å². The number of hydrogen-bond donors (Lipinski definition) is 0. The van der Waals surface area contributed by atoms with Crippen molar-refractivity contribution in [3.05, 3.63) is 52.6 Å². The maximum Gasteiger partial charge on any atom is 0.417 e. The van der Waals surface area contributed by atoms with Gasteiger partial charge in [0.05, 0.1) is 16.6 Å². The Hall–Kier alpha value is -3.01. The number of benzene rings is 1. The van der Waals surface area contributed by atoms with Crippen molar-refractivity contribution >= 4 is 35.0 Å². The number of ether oxygens (including phenoxy) is 1. The molecule has 2 heterocycles. The normalized spacial score (nSPS) is 16.8. The SMILES string of the molecule is CC[C@H](C)OC(=O)CN1C(=O)S/C(=C/c2ccc(-c3ccccc3C(F)(F)F)o2)C1=O. The summed E-state index contributed by atoms with van der Waals surface area (Å²) in [4.78, 5) is 37.2. The number of nitrogens with zero attached hydrogens (tertiary/aromatic N) is 1. The van der Waals surface area contributed by atoms with Gasteiger partial charge in [-0.3, -0.25) is 19.3 Å². The van der Waals surface area contributed by atoms with Crippen LogP contribution in [0, 0.1) is 0 Å². The third-order valence-corrected chi connectivity index (χ3v) is 5.37. The predicted octanol–water partition coefficient (Wildman–Crippen LogP) is 5.34. The van der Waals surface area contributed by atoms with Crippen LogP contribution in [0.2, 0.25) is 0 Å². The van der Waals surface area contributed by atoms with Gasteiger partial charge in [-0.25, -0.2) is 0 Å². The number of amides is 2. The van der Waals surface area contributed by atoms with E-state index in [4.69, 9.17) is 9.15 Å². The molecule has 3 rings (SSSR count). The summed E-state index contributed by atoms with van der Waals surface area (Å²) in [6.45, 7) is 3.00. The maximum absolute atomic E-state index is 13.2. The van der Waals surface area contributed by atoms with Crippen LogP contribution in [0.4, 0.5) is 18.0 Å². The average Bonchev–Trinajstić information content (AvgIpc) is 3.27. The second-order valence-corrected chi connectivity index (χ2v) is 7.72. The summed E-state index contributed by atoms with van der Waals surface area (Å²) in [5, 5.41) is -0.647. The van der Waals surface area contributed by atoms with E-state index in [1.54, 1.807) is 6.92 Å². The zero-order valence-corrected chi connectivity index (χ0v) is 17.4. The summed E-state index contributed by atoms with van der Waals surface area (Å²) in [7, 11) is 0. The van der Waals surface area contributed by atoms with Crippen LogP contribution in [0.1, 0.15) is 31.6 Å². The predicted molar refractivity (Wildman–Crippen MR) is 108 cm³/mol. The van der Waals surface area contributed by atoms with Crippen molar-refractivity contribution in [1.82, 2.24) is 4.90 Å². The molecule has 1 aromatic carbocycles. The van der Waals surface area contributed by atoms with Gasteiger partial charge in [-0.05, 0) is 43.3 Å². The number of imide groups is 1. The van der Waals surface area contributed by atoms with E-state index in [1.165, 1.54) is 36.4 Å². The average molecular weight is 453 g/mol. The highest BCUT2D eigenvalue weighted by Crippen LogP contribution is 2.38. The fourth-order valence-electron chi connectivity index (χ4n) is 2.76. The molecule has 164 valence electrons. The molecule has 1 aromatic heterocycles. The summed E-state index contributed by atoms with van der Waals surface area (Å²) in [5.41, 5.74) is -0.994. The number of carbonyl (C=O) groups excluding carboxylic acids is 3. The second-order valence-electron chi connectivity index (χ2n) is 6.72. The number of halogens is 3. The smallest absolute Gasteiger partial charge is 0.417 e. The molecular weight excluding hydrogens is 435 g/mol. The van der Waals surface area contributed by atoms with Crippen LogP contribution >= 0.6 is 11.8 Å². The highest BCUT2D eigenvalue weighted by Gasteiger charge is 2.37. The molecular formula is C21H18F3NO5S. The fraction of sp³-hybridized carbons (Fsp3) is 0.286. The maximum atomic E-state index is 13.2. The Morgan fingerprint density at radius 3 is 2.61 bits per heavy atom. The van der Waals surface area contributed by atoms with Crippen LogP contribution in [0.5, 0.6) is 0 Å². The Labute approximate surface area is 180 Å². The van der Waals surface area contributed by atoms with Gasteiger partial charge in [0.15, 0.2) is 0 Å². The summed E-state index contributed by atoms with van der Waals surface area (Å²) in [5.74, 6) is -1.35. The lowest BCUT2D eigenvalue weighted by atomic mass is 10.1. The van der Waals surface area contributed by atoms with Crippen LogP contribution in [0.15, 0.2) is 45.7 Å². The van der Waals surface area contributed by atoms with Gasteiger partial charge in [-0.15, -0.1) is 0 Å². The molecule has 1 aliphatic heterocycles. The minimum atomic E-state index is -4.56. The minimum Gasteiger partial charge on any atom is -0.461 e. The molecule has 6 nitrogen and oxygen atoms in total. The van der Waals surface area contributed by atoms with Crippen molar-refractivity contribution in [3.8, 4) is 11.3 Å². The van der Waals surface area contributed by atoms with Gasteiger partial charge in [0.2, 0.25) is 0 Å². The molecule has 0 aliphatic carbocycles. The Morgan fingerprint density at radius 1 is 1.23 bits per heavy atom. The zero-order chi connectivity index (χ0) is 22.8. The number of rotatable bonds is 6. The molecule has 0 radical (unpaired) electrons. The van der Waals surface area contributed by atoms with Gasteiger partial charge in [-0.1, -0.05) is 25.1 Å². The molecule has 0 saturated carbocycles. The van der Waals surface area contributed by atoms with Crippen LogP contribution < -0.4 is 0 Å². The first kappa shape index (κ1) is 22.7.